The number of rotatable bonds is 5. The van der Waals surface area contributed by atoms with E-state index in [1.165, 1.54) is 6.07 Å². The molecule has 1 aromatic carbocycles. The van der Waals surface area contributed by atoms with Crippen LogP contribution in [0.2, 0.25) is 0 Å². The first-order valence-corrected chi connectivity index (χ1v) is 5.61. The summed E-state index contributed by atoms with van der Waals surface area (Å²) in [6.07, 6.45) is 2.40. The van der Waals surface area contributed by atoms with E-state index >= 15 is 0 Å². The second kappa shape index (κ2) is 5.59. The second-order valence-corrected chi connectivity index (χ2v) is 4.09. The Morgan fingerprint density at radius 1 is 1.41 bits per heavy atom. The van der Waals surface area contributed by atoms with E-state index in [-0.39, 0.29) is 11.9 Å². The lowest BCUT2D eigenvalue weighted by atomic mass is 10.1. The van der Waals surface area contributed by atoms with Gasteiger partial charge < -0.3 is 9.84 Å². The van der Waals surface area contributed by atoms with Gasteiger partial charge in [-0.1, -0.05) is 17.3 Å². The van der Waals surface area contributed by atoms with Crippen molar-refractivity contribution in [2.45, 2.75) is 25.9 Å². The Kier molecular flexibility index (Phi) is 3.88. The molecule has 4 heteroatoms. The average Bonchev–Trinajstić information content (AvgIpc) is 2.79. The fourth-order valence-electron chi connectivity index (χ4n) is 1.70. The Morgan fingerprint density at radius 2 is 2.29 bits per heavy atom. The lowest BCUT2D eigenvalue weighted by Gasteiger charge is -2.12. The molecule has 0 amide bonds. The van der Waals surface area contributed by atoms with Crippen LogP contribution in [0.3, 0.4) is 0 Å². The molecule has 1 aromatic heterocycles. The maximum atomic E-state index is 13.0. The molecule has 0 bridgehead atoms. The van der Waals surface area contributed by atoms with Gasteiger partial charge in [0.1, 0.15) is 11.6 Å². The maximum Gasteiger partial charge on any atom is 0.150 e. The van der Waals surface area contributed by atoms with E-state index in [1.807, 2.05) is 12.1 Å². The molecule has 0 radical (unpaired) electrons. The van der Waals surface area contributed by atoms with Crippen LogP contribution in [0, 0.1) is 5.82 Å². The van der Waals surface area contributed by atoms with Crippen molar-refractivity contribution in [2.75, 3.05) is 0 Å². The number of aromatic nitrogens is 1. The van der Waals surface area contributed by atoms with Crippen LogP contribution < -0.4 is 5.32 Å². The average molecular weight is 234 g/mol. The van der Waals surface area contributed by atoms with E-state index in [0.717, 1.165) is 17.7 Å². The summed E-state index contributed by atoms with van der Waals surface area (Å²) in [7, 11) is 0. The van der Waals surface area contributed by atoms with Crippen molar-refractivity contribution in [1.82, 2.24) is 10.5 Å². The topological polar surface area (TPSA) is 38.1 Å². The van der Waals surface area contributed by atoms with Crippen LogP contribution >= 0.6 is 0 Å². The van der Waals surface area contributed by atoms with Crippen LogP contribution in [0.4, 0.5) is 4.39 Å². The highest BCUT2D eigenvalue weighted by Gasteiger charge is 2.05. The van der Waals surface area contributed by atoms with Crippen molar-refractivity contribution in [1.29, 1.82) is 0 Å². The quantitative estimate of drug-likeness (QED) is 0.864. The van der Waals surface area contributed by atoms with Crippen LogP contribution in [0.1, 0.15) is 18.2 Å². The van der Waals surface area contributed by atoms with Gasteiger partial charge in [0.2, 0.25) is 0 Å². The van der Waals surface area contributed by atoms with Gasteiger partial charge in [0.25, 0.3) is 0 Å². The molecule has 0 aliphatic rings. The smallest absolute Gasteiger partial charge is 0.150 e. The van der Waals surface area contributed by atoms with Gasteiger partial charge in [-0.2, -0.15) is 0 Å². The minimum atomic E-state index is -0.190. The van der Waals surface area contributed by atoms with Crippen molar-refractivity contribution in [2.24, 2.45) is 0 Å². The zero-order valence-electron chi connectivity index (χ0n) is 9.69. The van der Waals surface area contributed by atoms with E-state index in [0.29, 0.717) is 6.54 Å². The molecule has 0 aliphatic carbocycles. The van der Waals surface area contributed by atoms with Crippen molar-refractivity contribution >= 4 is 0 Å². The number of benzene rings is 1. The summed E-state index contributed by atoms with van der Waals surface area (Å²) in [6.45, 7) is 2.69. The predicted molar refractivity (Wildman–Crippen MR) is 62.9 cm³/mol. The van der Waals surface area contributed by atoms with E-state index in [2.05, 4.69) is 17.4 Å². The zero-order chi connectivity index (χ0) is 12.1. The Morgan fingerprint density at radius 3 is 3.00 bits per heavy atom. The number of nitrogens with zero attached hydrogens (tertiary/aromatic N) is 1. The Balaban J connectivity index is 1.83. The standard InChI is InChI=1S/C13H15FN2O/c1-10(15-9-13-5-6-16-17-13)7-11-3-2-4-12(14)8-11/h2-6,8,10,15H,7,9H2,1H3. The van der Waals surface area contributed by atoms with Crippen LogP contribution in [-0.4, -0.2) is 11.2 Å². The van der Waals surface area contributed by atoms with Crippen molar-refractivity contribution in [3.8, 4) is 0 Å². The Hall–Kier alpha value is -1.68. The third-order valence-corrected chi connectivity index (χ3v) is 2.55. The summed E-state index contributed by atoms with van der Waals surface area (Å²) in [6, 6.07) is 8.75. The van der Waals surface area contributed by atoms with Crippen molar-refractivity contribution < 1.29 is 8.91 Å². The molecule has 0 saturated carbocycles. The van der Waals surface area contributed by atoms with Crippen LogP contribution in [-0.2, 0) is 13.0 Å². The number of halogens is 1. The normalized spacial score (nSPS) is 12.6. The molecule has 90 valence electrons. The third-order valence-electron chi connectivity index (χ3n) is 2.55. The van der Waals surface area contributed by atoms with Gasteiger partial charge in [-0.3, -0.25) is 0 Å². The Bertz CT molecular complexity index is 456. The van der Waals surface area contributed by atoms with Gasteiger partial charge >= 0.3 is 0 Å². The molecular formula is C13H15FN2O. The summed E-state index contributed by atoms with van der Waals surface area (Å²) < 4.78 is 18.0. The molecule has 1 unspecified atom stereocenters. The lowest BCUT2D eigenvalue weighted by molar-refractivity contribution is 0.364. The summed E-state index contributed by atoms with van der Waals surface area (Å²) in [5.74, 6) is 0.612. The lowest BCUT2D eigenvalue weighted by Crippen LogP contribution is -2.27. The molecule has 2 aromatic rings. The van der Waals surface area contributed by atoms with Gasteiger partial charge in [0.15, 0.2) is 0 Å². The highest BCUT2D eigenvalue weighted by atomic mass is 19.1. The number of hydrogen-bond acceptors (Lipinski definition) is 3. The molecule has 2 rings (SSSR count). The van der Waals surface area contributed by atoms with Crippen LogP contribution in [0.15, 0.2) is 41.1 Å². The molecule has 0 fully saturated rings. The molecule has 1 atom stereocenters. The first kappa shape index (κ1) is 11.8. The highest BCUT2D eigenvalue weighted by molar-refractivity contribution is 5.17. The molecule has 1 heterocycles. The summed E-state index contributed by atoms with van der Waals surface area (Å²) in [4.78, 5) is 0. The fraction of sp³-hybridized carbons (Fsp3) is 0.308. The molecule has 1 N–H and O–H groups in total. The molecule has 0 aliphatic heterocycles. The van der Waals surface area contributed by atoms with Gasteiger partial charge in [-0.25, -0.2) is 4.39 Å². The summed E-state index contributed by atoms with van der Waals surface area (Å²) in [5.41, 5.74) is 0.988. The molecule has 3 nitrogen and oxygen atoms in total. The van der Waals surface area contributed by atoms with Gasteiger partial charge in [0.05, 0.1) is 12.7 Å². The Labute approximate surface area is 99.6 Å². The predicted octanol–water partition coefficient (Wildman–Crippen LogP) is 2.53. The van der Waals surface area contributed by atoms with Crippen LogP contribution in [0.5, 0.6) is 0 Å². The molecule has 0 saturated heterocycles. The van der Waals surface area contributed by atoms with E-state index in [4.69, 9.17) is 4.52 Å². The molecular weight excluding hydrogens is 219 g/mol. The maximum absolute atomic E-state index is 13.0. The summed E-state index contributed by atoms with van der Waals surface area (Å²) >= 11 is 0. The molecule has 17 heavy (non-hydrogen) atoms. The minimum Gasteiger partial charge on any atom is -0.360 e. The van der Waals surface area contributed by atoms with Gasteiger partial charge in [0, 0.05) is 12.1 Å². The van der Waals surface area contributed by atoms with Crippen molar-refractivity contribution in [3.05, 3.63) is 53.7 Å². The number of nitrogens with one attached hydrogen (secondary N) is 1. The van der Waals surface area contributed by atoms with Crippen molar-refractivity contribution in [3.63, 3.8) is 0 Å². The highest BCUT2D eigenvalue weighted by Crippen LogP contribution is 2.07. The first-order valence-electron chi connectivity index (χ1n) is 5.61. The van der Waals surface area contributed by atoms with E-state index in [9.17, 15) is 4.39 Å². The fourth-order valence-corrected chi connectivity index (χ4v) is 1.70. The van der Waals surface area contributed by atoms with Gasteiger partial charge in [-0.15, -0.1) is 0 Å². The van der Waals surface area contributed by atoms with Crippen LogP contribution in [0.25, 0.3) is 0 Å². The molecule has 0 spiro atoms. The van der Waals surface area contributed by atoms with Gasteiger partial charge in [-0.05, 0) is 31.0 Å². The largest absolute Gasteiger partial charge is 0.360 e. The number of hydrogen-bond donors (Lipinski definition) is 1. The van der Waals surface area contributed by atoms with E-state index < -0.39 is 0 Å². The zero-order valence-corrected chi connectivity index (χ0v) is 9.69. The minimum absolute atomic E-state index is 0.190. The summed E-state index contributed by atoms with van der Waals surface area (Å²) in [5, 5.41) is 6.93. The second-order valence-electron chi connectivity index (χ2n) is 4.09. The first-order chi connectivity index (χ1) is 8.24. The third kappa shape index (κ3) is 3.67. The SMILES string of the molecule is CC(Cc1cccc(F)c1)NCc1ccno1. The van der Waals surface area contributed by atoms with E-state index in [1.54, 1.807) is 18.3 Å². The monoisotopic (exact) mass is 234 g/mol.